The number of likely N-dealkylation sites (N-methyl/N-ethyl adjacent to an activating group) is 1. The summed E-state index contributed by atoms with van der Waals surface area (Å²) in [7, 11) is 1.97. The molecule has 1 aromatic rings. The number of carbonyl (C=O) groups is 3. The van der Waals surface area contributed by atoms with Gasteiger partial charge in [0.1, 0.15) is 11.9 Å². The minimum atomic E-state index is -4.21. The van der Waals surface area contributed by atoms with Crippen molar-refractivity contribution in [2.24, 2.45) is 11.8 Å². The van der Waals surface area contributed by atoms with Gasteiger partial charge in [-0.1, -0.05) is 19.9 Å². The van der Waals surface area contributed by atoms with E-state index in [9.17, 15) is 31.9 Å². The van der Waals surface area contributed by atoms with Gasteiger partial charge < -0.3 is 20.4 Å². The third kappa shape index (κ3) is 7.91. The number of carbonyl (C=O) groups excluding carboxylic acids is 3. The maximum Gasteiger partial charge on any atom is 0.391 e. The van der Waals surface area contributed by atoms with E-state index in [0.29, 0.717) is 31.5 Å². The maximum atomic E-state index is 15.0. The number of nitrogens with one attached hydrogen (secondary N) is 2. The molecule has 212 valence electrons. The van der Waals surface area contributed by atoms with Gasteiger partial charge in [-0.3, -0.25) is 14.4 Å². The van der Waals surface area contributed by atoms with E-state index in [0.717, 1.165) is 13.1 Å². The first kappa shape index (κ1) is 29.9. The van der Waals surface area contributed by atoms with Crippen molar-refractivity contribution in [2.45, 2.75) is 70.5 Å². The number of piperazine rings is 1. The molecule has 1 saturated heterocycles. The van der Waals surface area contributed by atoms with E-state index in [2.05, 4.69) is 15.5 Å². The van der Waals surface area contributed by atoms with Gasteiger partial charge in [-0.15, -0.1) is 0 Å². The van der Waals surface area contributed by atoms with E-state index >= 15 is 0 Å². The van der Waals surface area contributed by atoms with Gasteiger partial charge in [0.25, 0.3) is 0 Å². The largest absolute Gasteiger partial charge is 0.391 e. The molecule has 3 amide bonds. The van der Waals surface area contributed by atoms with Crippen molar-refractivity contribution in [1.29, 1.82) is 0 Å². The van der Waals surface area contributed by atoms with Gasteiger partial charge in [-0.05, 0) is 56.3 Å². The van der Waals surface area contributed by atoms with Crippen LogP contribution in [0.25, 0.3) is 0 Å². The van der Waals surface area contributed by atoms with Gasteiger partial charge in [0.2, 0.25) is 17.7 Å². The molecule has 0 radical (unpaired) electrons. The predicted octanol–water partition coefficient (Wildman–Crippen LogP) is 4.30. The summed E-state index contributed by atoms with van der Waals surface area (Å²) in [6.45, 7) is 5.97. The van der Waals surface area contributed by atoms with Crippen molar-refractivity contribution in [2.75, 3.05) is 38.5 Å². The molecule has 0 aromatic heterocycles. The number of hydrogen-bond acceptors (Lipinski definition) is 4. The van der Waals surface area contributed by atoms with Crippen LogP contribution in [-0.4, -0.2) is 73.0 Å². The lowest BCUT2D eigenvalue weighted by molar-refractivity contribution is -0.184. The van der Waals surface area contributed by atoms with Crippen molar-refractivity contribution in [1.82, 2.24) is 15.1 Å². The zero-order valence-electron chi connectivity index (χ0n) is 22.2. The monoisotopic (exact) mass is 542 g/mol. The van der Waals surface area contributed by atoms with E-state index in [4.69, 9.17) is 0 Å². The standard InChI is InChI=1S/C27H38F4N4O3/c1-4-23(36)33-25(26(38)35-13-11-34(3)12-14-35)17(2)19-7-10-22(21(28)16-19)32-24(37)15-18-5-8-20(9-6-18)27(29,30)31/h7,10,16-18,20,25H,4-6,8-9,11-15H2,1-3H3,(H,32,37)(H,33,36)/t17-,18-,20-,25+/m0/s1. The number of halogens is 4. The Morgan fingerprint density at radius 1 is 1.03 bits per heavy atom. The van der Waals surface area contributed by atoms with Gasteiger partial charge in [0.05, 0.1) is 11.6 Å². The third-order valence-corrected chi connectivity index (χ3v) is 7.80. The van der Waals surface area contributed by atoms with Crippen LogP contribution < -0.4 is 10.6 Å². The second-order valence-corrected chi connectivity index (χ2v) is 10.6. The van der Waals surface area contributed by atoms with Crippen LogP contribution in [0.5, 0.6) is 0 Å². The first-order chi connectivity index (χ1) is 17.9. The molecule has 0 bridgehead atoms. The molecule has 11 heteroatoms. The zero-order chi connectivity index (χ0) is 28.0. The average molecular weight is 543 g/mol. The molecule has 1 aliphatic heterocycles. The SMILES string of the molecule is CCC(=O)N[C@@H](C(=O)N1CCN(C)CC1)[C@@H](C)c1ccc(NC(=O)C[C@H]2CC[C@H](C(F)(F)F)CC2)c(F)c1. The zero-order valence-corrected chi connectivity index (χ0v) is 22.2. The molecular weight excluding hydrogens is 504 g/mol. The van der Waals surface area contributed by atoms with Crippen LogP contribution in [0.1, 0.15) is 63.9 Å². The van der Waals surface area contributed by atoms with Crippen molar-refractivity contribution < 1.29 is 31.9 Å². The highest BCUT2D eigenvalue weighted by atomic mass is 19.4. The van der Waals surface area contributed by atoms with E-state index in [1.165, 1.54) is 12.1 Å². The van der Waals surface area contributed by atoms with E-state index in [1.54, 1.807) is 24.8 Å². The summed E-state index contributed by atoms with van der Waals surface area (Å²) in [4.78, 5) is 41.8. The summed E-state index contributed by atoms with van der Waals surface area (Å²) < 4.78 is 53.6. The number of amides is 3. The van der Waals surface area contributed by atoms with Gasteiger partial charge in [-0.2, -0.15) is 13.2 Å². The summed E-state index contributed by atoms with van der Waals surface area (Å²) in [5, 5.41) is 5.32. The molecule has 2 aliphatic rings. The summed E-state index contributed by atoms with van der Waals surface area (Å²) >= 11 is 0. The quantitative estimate of drug-likeness (QED) is 0.480. The number of nitrogens with zero attached hydrogens (tertiary/aromatic N) is 2. The van der Waals surface area contributed by atoms with Crippen LogP contribution >= 0.6 is 0 Å². The van der Waals surface area contributed by atoms with Crippen molar-refractivity contribution >= 4 is 23.4 Å². The van der Waals surface area contributed by atoms with Crippen LogP contribution in [0.4, 0.5) is 23.2 Å². The number of benzene rings is 1. The van der Waals surface area contributed by atoms with Gasteiger partial charge in [0, 0.05) is 44.9 Å². The molecule has 1 aromatic carbocycles. The van der Waals surface area contributed by atoms with Crippen LogP contribution in [0.3, 0.4) is 0 Å². The summed E-state index contributed by atoms with van der Waals surface area (Å²) in [5.41, 5.74) is 0.462. The molecule has 1 aliphatic carbocycles. The number of anilines is 1. The first-order valence-electron chi connectivity index (χ1n) is 13.3. The Bertz CT molecular complexity index is 987. The highest BCUT2D eigenvalue weighted by Gasteiger charge is 2.41. The van der Waals surface area contributed by atoms with E-state index < -0.39 is 35.8 Å². The molecule has 0 unspecified atom stereocenters. The van der Waals surface area contributed by atoms with E-state index in [1.807, 2.05) is 7.05 Å². The van der Waals surface area contributed by atoms with Crippen LogP contribution in [-0.2, 0) is 14.4 Å². The molecule has 2 atom stereocenters. The highest BCUT2D eigenvalue weighted by molar-refractivity contribution is 5.91. The van der Waals surface area contributed by atoms with Crippen molar-refractivity contribution in [3.05, 3.63) is 29.6 Å². The summed E-state index contributed by atoms with van der Waals surface area (Å²) in [6, 6.07) is 3.41. The van der Waals surface area contributed by atoms with E-state index in [-0.39, 0.29) is 49.1 Å². The molecule has 1 heterocycles. The summed E-state index contributed by atoms with van der Waals surface area (Å²) in [6.07, 6.45) is -3.34. The first-order valence-corrected chi connectivity index (χ1v) is 13.3. The Morgan fingerprint density at radius 3 is 2.21 bits per heavy atom. The maximum absolute atomic E-state index is 15.0. The third-order valence-electron chi connectivity index (χ3n) is 7.80. The van der Waals surface area contributed by atoms with Gasteiger partial charge in [-0.25, -0.2) is 4.39 Å². The highest BCUT2D eigenvalue weighted by Crippen LogP contribution is 2.40. The molecule has 0 spiro atoms. The molecular formula is C27H38F4N4O3. The normalized spacial score (nSPS) is 22.4. The fraction of sp³-hybridized carbons (Fsp3) is 0.667. The topological polar surface area (TPSA) is 81.8 Å². The van der Waals surface area contributed by atoms with Gasteiger partial charge >= 0.3 is 6.18 Å². The lowest BCUT2D eigenvalue weighted by Gasteiger charge is -2.36. The molecule has 1 saturated carbocycles. The molecule has 2 fully saturated rings. The fourth-order valence-electron chi connectivity index (χ4n) is 5.17. The lowest BCUT2D eigenvalue weighted by atomic mass is 9.80. The molecule has 7 nitrogen and oxygen atoms in total. The minimum Gasteiger partial charge on any atom is -0.344 e. The Labute approximate surface area is 221 Å². The Hall–Kier alpha value is -2.69. The van der Waals surface area contributed by atoms with Crippen molar-refractivity contribution in [3.63, 3.8) is 0 Å². The number of hydrogen-bond donors (Lipinski definition) is 2. The second-order valence-electron chi connectivity index (χ2n) is 10.6. The molecule has 2 N–H and O–H groups in total. The Morgan fingerprint density at radius 2 is 1.66 bits per heavy atom. The Balaban J connectivity index is 1.63. The smallest absolute Gasteiger partial charge is 0.344 e. The van der Waals surface area contributed by atoms with Crippen LogP contribution in [0.2, 0.25) is 0 Å². The lowest BCUT2D eigenvalue weighted by Crippen LogP contribution is -2.55. The molecule has 3 rings (SSSR count). The number of rotatable bonds is 8. The average Bonchev–Trinajstić information content (AvgIpc) is 2.87. The Kier molecular flexibility index (Phi) is 10.1. The minimum absolute atomic E-state index is 0.00494. The molecule has 38 heavy (non-hydrogen) atoms. The predicted molar refractivity (Wildman–Crippen MR) is 136 cm³/mol. The number of alkyl halides is 3. The summed E-state index contributed by atoms with van der Waals surface area (Å²) in [5.74, 6) is -3.64. The fourth-order valence-corrected chi connectivity index (χ4v) is 5.17. The van der Waals surface area contributed by atoms with Gasteiger partial charge in [0.15, 0.2) is 0 Å². The van der Waals surface area contributed by atoms with Crippen LogP contribution in [0.15, 0.2) is 18.2 Å². The van der Waals surface area contributed by atoms with Crippen LogP contribution in [0, 0.1) is 17.7 Å². The second kappa shape index (κ2) is 12.9. The van der Waals surface area contributed by atoms with Crippen molar-refractivity contribution in [3.8, 4) is 0 Å².